The fourth-order valence-electron chi connectivity index (χ4n) is 2.97. The SMILES string of the molecule is CCCCCC1CN(N2CCC2)CCN1C(C)=O. The minimum Gasteiger partial charge on any atom is -0.337 e. The van der Waals surface area contributed by atoms with Gasteiger partial charge in [-0.25, -0.2) is 10.0 Å². The zero-order chi connectivity index (χ0) is 13.0. The molecule has 0 spiro atoms. The average molecular weight is 253 g/mol. The second-order valence-electron chi connectivity index (χ2n) is 5.58. The van der Waals surface area contributed by atoms with Crippen molar-refractivity contribution < 1.29 is 4.79 Å². The van der Waals surface area contributed by atoms with Gasteiger partial charge in [0.2, 0.25) is 5.91 Å². The zero-order valence-corrected chi connectivity index (χ0v) is 11.9. The van der Waals surface area contributed by atoms with Crippen molar-refractivity contribution in [1.29, 1.82) is 0 Å². The van der Waals surface area contributed by atoms with Crippen molar-refractivity contribution >= 4 is 5.91 Å². The van der Waals surface area contributed by atoms with Crippen LogP contribution in [0.4, 0.5) is 0 Å². The van der Waals surface area contributed by atoms with Crippen LogP contribution in [0.5, 0.6) is 0 Å². The van der Waals surface area contributed by atoms with Gasteiger partial charge < -0.3 is 4.90 Å². The highest BCUT2D eigenvalue weighted by Crippen LogP contribution is 2.20. The van der Waals surface area contributed by atoms with E-state index in [-0.39, 0.29) is 5.91 Å². The largest absolute Gasteiger partial charge is 0.337 e. The summed E-state index contributed by atoms with van der Waals surface area (Å²) in [5.74, 6) is 0.250. The number of unbranched alkanes of at least 4 members (excludes halogenated alkanes) is 2. The molecule has 2 fully saturated rings. The maximum atomic E-state index is 11.7. The number of piperazine rings is 1. The molecule has 0 N–H and O–H groups in total. The molecule has 1 atom stereocenters. The number of hydrogen-bond donors (Lipinski definition) is 0. The summed E-state index contributed by atoms with van der Waals surface area (Å²) in [7, 11) is 0. The van der Waals surface area contributed by atoms with Gasteiger partial charge in [0.05, 0.1) is 0 Å². The Labute approximate surface area is 111 Å². The number of nitrogens with zero attached hydrogens (tertiary/aromatic N) is 3. The van der Waals surface area contributed by atoms with E-state index in [1.54, 1.807) is 6.92 Å². The minimum absolute atomic E-state index is 0.250. The maximum absolute atomic E-state index is 11.7. The van der Waals surface area contributed by atoms with E-state index in [2.05, 4.69) is 21.8 Å². The summed E-state index contributed by atoms with van der Waals surface area (Å²) in [6.07, 6.45) is 6.28. The standard InChI is InChI=1S/C14H27N3O/c1-3-4-5-7-14-12-16(15-8-6-9-15)10-11-17(14)13(2)18/h14H,3-12H2,1-2H3. The van der Waals surface area contributed by atoms with Gasteiger partial charge in [0.15, 0.2) is 0 Å². The molecule has 2 aliphatic rings. The van der Waals surface area contributed by atoms with Gasteiger partial charge in [0, 0.05) is 45.7 Å². The van der Waals surface area contributed by atoms with Crippen LogP contribution in [-0.2, 0) is 4.79 Å². The number of hydrogen-bond acceptors (Lipinski definition) is 3. The molecule has 2 saturated heterocycles. The van der Waals surface area contributed by atoms with Gasteiger partial charge in [-0.1, -0.05) is 26.2 Å². The van der Waals surface area contributed by atoms with Gasteiger partial charge in [0.1, 0.15) is 0 Å². The summed E-state index contributed by atoms with van der Waals surface area (Å²) >= 11 is 0. The zero-order valence-electron chi connectivity index (χ0n) is 11.9. The van der Waals surface area contributed by atoms with Gasteiger partial charge in [-0.3, -0.25) is 4.79 Å². The third kappa shape index (κ3) is 3.23. The van der Waals surface area contributed by atoms with Gasteiger partial charge in [-0.2, -0.15) is 0 Å². The second-order valence-corrected chi connectivity index (χ2v) is 5.58. The third-order valence-electron chi connectivity index (χ3n) is 4.24. The van der Waals surface area contributed by atoms with Crippen molar-refractivity contribution in [2.75, 3.05) is 32.7 Å². The Hall–Kier alpha value is -0.610. The van der Waals surface area contributed by atoms with E-state index in [1.165, 1.54) is 38.8 Å². The van der Waals surface area contributed by atoms with Crippen LogP contribution in [-0.4, -0.2) is 59.6 Å². The molecular weight excluding hydrogens is 226 g/mol. The van der Waals surface area contributed by atoms with Crippen molar-refractivity contribution in [2.24, 2.45) is 0 Å². The molecule has 2 aliphatic heterocycles. The van der Waals surface area contributed by atoms with Crippen LogP contribution in [0.25, 0.3) is 0 Å². The Bertz CT molecular complexity index is 278. The van der Waals surface area contributed by atoms with Crippen molar-refractivity contribution in [1.82, 2.24) is 14.9 Å². The first kappa shape index (κ1) is 13.8. The van der Waals surface area contributed by atoms with Crippen LogP contribution in [0.15, 0.2) is 0 Å². The van der Waals surface area contributed by atoms with E-state index in [0.29, 0.717) is 6.04 Å². The number of amides is 1. The summed E-state index contributed by atoms with van der Waals surface area (Å²) in [6.45, 7) is 9.33. The predicted molar refractivity (Wildman–Crippen MR) is 73.1 cm³/mol. The maximum Gasteiger partial charge on any atom is 0.219 e. The van der Waals surface area contributed by atoms with Crippen LogP contribution in [0.1, 0.15) is 46.0 Å². The molecule has 0 aromatic heterocycles. The van der Waals surface area contributed by atoms with E-state index >= 15 is 0 Å². The van der Waals surface area contributed by atoms with Gasteiger partial charge in [-0.15, -0.1) is 0 Å². The quantitative estimate of drug-likeness (QED) is 0.698. The number of carbonyl (C=O) groups is 1. The molecule has 4 nitrogen and oxygen atoms in total. The molecular formula is C14H27N3O. The van der Waals surface area contributed by atoms with Crippen LogP contribution in [0.2, 0.25) is 0 Å². The van der Waals surface area contributed by atoms with Crippen molar-refractivity contribution in [3.05, 3.63) is 0 Å². The van der Waals surface area contributed by atoms with Crippen LogP contribution < -0.4 is 0 Å². The summed E-state index contributed by atoms with van der Waals surface area (Å²) in [6, 6.07) is 0.434. The monoisotopic (exact) mass is 253 g/mol. The Morgan fingerprint density at radius 1 is 1.11 bits per heavy atom. The highest BCUT2D eigenvalue weighted by atomic mass is 16.2. The molecule has 0 aromatic carbocycles. The van der Waals surface area contributed by atoms with E-state index in [4.69, 9.17) is 0 Å². The number of carbonyl (C=O) groups excluding carboxylic acids is 1. The van der Waals surface area contributed by atoms with Gasteiger partial charge in [0.25, 0.3) is 0 Å². The molecule has 18 heavy (non-hydrogen) atoms. The van der Waals surface area contributed by atoms with Crippen LogP contribution in [0.3, 0.4) is 0 Å². The first-order chi connectivity index (χ1) is 8.72. The molecule has 0 aliphatic carbocycles. The van der Waals surface area contributed by atoms with E-state index in [1.807, 2.05) is 0 Å². The molecule has 0 bridgehead atoms. The summed E-state index contributed by atoms with van der Waals surface area (Å²) in [4.78, 5) is 13.8. The molecule has 2 heterocycles. The molecule has 4 heteroatoms. The fraction of sp³-hybridized carbons (Fsp3) is 0.929. The lowest BCUT2D eigenvalue weighted by molar-refractivity contribution is -0.146. The molecule has 0 aromatic rings. The minimum atomic E-state index is 0.250. The predicted octanol–water partition coefficient (Wildman–Crippen LogP) is 1.72. The summed E-state index contributed by atoms with van der Waals surface area (Å²) in [5.41, 5.74) is 0. The molecule has 1 unspecified atom stereocenters. The lowest BCUT2D eigenvalue weighted by Gasteiger charge is -2.48. The molecule has 0 radical (unpaired) electrons. The van der Waals surface area contributed by atoms with Crippen LogP contribution >= 0.6 is 0 Å². The van der Waals surface area contributed by atoms with Crippen molar-refractivity contribution in [2.45, 2.75) is 52.0 Å². The Kier molecular flexibility index (Phi) is 5.01. The lowest BCUT2D eigenvalue weighted by atomic mass is 10.0. The summed E-state index contributed by atoms with van der Waals surface area (Å²) < 4.78 is 0. The average Bonchev–Trinajstić information content (AvgIpc) is 2.27. The van der Waals surface area contributed by atoms with E-state index in [0.717, 1.165) is 26.1 Å². The Morgan fingerprint density at radius 3 is 2.44 bits per heavy atom. The normalized spacial score (nSPS) is 26.1. The molecule has 1 amide bonds. The first-order valence-corrected chi connectivity index (χ1v) is 7.49. The van der Waals surface area contributed by atoms with Gasteiger partial charge >= 0.3 is 0 Å². The Morgan fingerprint density at radius 2 is 1.89 bits per heavy atom. The van der Waals surface area contributed by atoms with E-state index < -0.39 is 0 Å². The van der Waals surface area contributed by atoms with Crippen molar-refractivity contribution in [3.63, 3.8) is 0 Å². The second kappa shape index (κ2) is 6.53. The topological polar surface area (TPSA) is 26.8 Å². The molecule has 104 valence electrons. The lowest BCUT2D eigenvalue weighted by Crippen LogP contribution is -2.61. The van der Waals surface area contributed by atoms with Crippen molar-refractivity contribution in [3.8, 4) is 0 Å². The highest BCUT2D eigenvalue weighted by Gasteiger charge is 2.32. The third-order valence-corrected chi connectivity index (χ3v) is 4.24. The summed E-state index contributed by atoms with van der Waals surface area (Å²) in [5, 5.41) is 4.92. The number of rotatable bonds is 5. The number of hydrazine groups is 1. The fourth-order valence-corrected chi connectivity index (χ4v) is 2.97. The Balaban J connectivity index is 1.87. The molecule has 2 rings (SSSR count). The van der Waals surface area contributed by atoms with E-state index in [9.17, 15) is 4.79 Å². The first-order valence-electron chi connectivity index (χ1n) is 7.49. The molecule has 0 saturated carbocycles. The highest BCUT2D eigenvalue weighted by molar-refractivity contribution is 5.73. The van der Waals surface area contributed by atoms with Crippen LogP contribution in [0, 0.1) is 0 Å². The van der Waals surface area contributed by atoms with Gasteiger partial charge in [-0.05, 0) is 12.8 Å². The smallest absolute Gasteiger partial charge is 0.219 e.